The third-order valence-electron chi connectivity index (χ3n) is 2.71. The van der Waals surface area contributed by atoms with E-state index in [0.29, 0.717) is 6.04 Å². The Morgan fingerprint density at radius 3 is 1.86 bits per heavy atom. The van der Waals surface area contributed by atoms with Gasteiger partial charge in [-0.1, -0.05) is 45.4 Å². The van der Waals surface area contributed by atoms with E-state index in [1.807, 2.05) is 0 Å². The summed E-state index contributed by atoms with van der Waals surface area (Å²) in [5.41, 5.74) is 10.9. The molecule has 1 rings (SSSR count). The number of unbranched alkanes of at least 4 members (excludes halogenated alkanes) is 1. The second-order valence-electron chi connectivity index (χ2n) is 4.25. The molecule has 0 saturated heterocycles. The van der Waals surface area contributed by atoms with Crippen molar-refractivity contribution in [3.8, 4) is 0 Å². The SMILES string of the molecule is CCCCN.NC1CCCCCCC1. The van der Waals surface area contributed by atoms with Crippen LogP contribution in [0.5, 0.6) is 0 Å². The lowest BCUT2D eigenvalue weighted by Crippen LogP contribution is -2.20. The molecule has 1 saturated carbocycles. The van der Waals surface area contributed by atoms with Crippen LogP contribution in [0, 0.1) is 0 Å². The van der Waals surface area contributed by atoms with E-state index in [4.69, 9.17) is 11.5 Å². The molecule has 0 spiro atoms. The summed E-state index contributed by atoms with van der Waals surface area (Å²) in [6, 6.07) is 0.519. The Bertz CT molecular complexity index is 94.5. The van der Waals surface area contributed by atoms with Crippen molar-refractivity contribution >= 4 is 0 Å². The Morgan fingerprint density at radius 1 is 1.00 bits per heavy atom. The lowest BCUT2D eigenvalue weighted by atomic mass is 9.98. The molecule has 0 heterocycles. The highest BCUT2D eigenvalue weighted by molar-refractivity contribution is 4.64. The fourth-order valence-corrected chi connectivity index (χ4v) is 1.69. The number of hydrogen-bond acceptors (Lipinski definition) is 2. The molecule has 1 aliphatic rings. The molecule has 0 aromatic rings. The zero-order chi connectivity index (χ0) is 10.6. The normalized spacial score (nSPS) is 19.1. The van der Waals surface area contributed by atoms with Crippen molar-refractivity contribution in [2.45, 2.75) is 70.8 Å². The lowest BCUT2D eigenvalue weighted by Gasteiger charge is -2.13. The molecule has 4 N–H and O–H groups in total. The minimum Gasteiger partial charge on any atom is -0.330 e. The fraction of sp³-hybridized carbons (Fsp3) is 1.00. The van der Waals surface area contributed by atoms with E-state index in [0.717, 1.165) is 6.54 Å². The molecule has 0 radical (unpaired) electrons. The van der Waals surface area contributed by atoms with Crippen LogP contribution in [0.4, 0.5) is 0 Å². The van der Waals surface area contributed by atoms with Crippen LogP contribution in [0.15, 0.2) is 0 Å². The van der Waals surface area contributed by atoms with E-state index in [2.05, 4.69) is 6.92 Å². The Hall–Kier alpha value is -0.0800. The summed E-state index contributed by atoms with van der Waals surface area (Å²) >= 11 is 0. The molecule has 86 valence electrons. The van der Waals surface area contributed by atoms with Gasteiger partial charge >= 0.3 is 0 Å². The van der Waals surface area contributed by atoms with Gasteiger partial charge in [-0.3, -0.25) is 0 Å². The van der Waals surface area contributed by atoms with Gasteiger partial charge in [0.25, 0.3) is 0 Å². The predicted molar refractivity (Wildman–Crippen MR) is 64.3 cm³/mol. The summed E-state index contributed by atoms with van der Waals surface area (Å²) in [6.07, 6.45) is 11.9. The van der Waals surface area contributed by atoms with Crippen LogP contribution in [-0.2, 0) is 0 Å². The van der Waals surface area contributed by atoms with Gasteiger partial charge in [0.15, 0.2) is 0 Å². The van der Waals surface area contributed by atoms with Crippen LogP contribution in [0.3, 0.4) is 0 Å². The molecular weight excluding hydrogens is 172 g/mol. The summed E-state index contributed by atoms with van der Waals surface area (Å²) < 4.78 is 0. The molecule has 1 aliphatic carbocycles. The summed E-state index contributed by atoms with van der Waals surface area (Å²) in [5, 5.41) is 0. The van der Waals surface area contributed by atoms with Crippen LogP contribution in [0.1, 0.15) is 64.7 Å². The molecule has 2 heteroatoms. The Labute approximate surface area is 89.4 Å². The van der Waals surface area contributed by atoms with E-state index < -0.39 is 0 Å². The molecule has 2 nitrogen and oxygen atoms in total. The maximum atomic E-state index is 5.80. The molecule has 0 aromatic heterocycles. The monoisotopic (exact) mass is 200 g/mol. The summed E-state index contributed by atoms with van der Waals surface area (Å²) in [5.74, 6) is 0. The van der Waals surface area contributed by atoms with E-state index >= 15 is 0 Å². The zero-order valence-electron chi connectivity index (χ0n) is 9.80. The minimum atomic E-state index is 0.519. The van der Waals surface area contributed by atoms with Crippen LogP contribution in [0.25, 0.3) is 0 Å². The van der Waals surface area contributed by atoms with Crippen molar-refractivity contribution < 1.29 is 0 Å². The molecule has 0 atom stereocenters. The van der Waals surface area contributed by atoms with E-state index in [9.17, 15) is 0 Å². The average Bonchev–Trinajstić information content (AvgIpc) is 2.14. The summed E-state index contributed by atoms with van der Waals surface area (Å²) in [4.78, 5) is 0. The molecule has 0 amide bonds. The molecule has 14 heavy (non-hydrogen) atoms. The van der Waals surface area contributed by atoms with Gasteiger partial charge < -0.3 is 11.5 Å². The highest BCUT2D eigenvalue weighted by atomic mass is 14.6. The van der Waals surface area contributed by atoms with Crippen molar-refractivity contribution in [2.24, 2.45) is 11.5 Å². The van der Waals surface area contributed by atoms with Gasteiger partial charge in [-0.2, -0.15) is 0 Å². The van der Waals surface area contributed by atoms with Gasteiger partial charge in [-0.15, -0.1) is 0 Å². The van der Waals surface area contributed by atoms with Crippen LogP contribution < -0.4 is 11.5 Å². The molecular formula is C12H28N2. The van der Waals surface area contributed by atoms with Gasteiger partial charge in [-0.25, -0.2) is 0 Å². The highest BCUT2D eigenvalue weighted by Crippen LogP contribution is 2.15. The van der Waals surface area contributed by atoms with E-state index in [1.54, 1.807) is 0 Å². The van der Waals surface area contributed by atoms with Gasteiger partial charge in [0, 0.05) is 6.04 Å². The van der Waals surface area contributed by atoms with Crippen molar-refractivity contribution in [3.05, 3.63) is 0 Å². The van der Waals surface area contributed by atoms with E-state index in [-0.39, 0.29) is 0 Å². The van der Waals surface area contributed by atoms with E-state index in [1.165, 1.54) is 57.8 Å². The van der Waals surface area contributed by atoms with Gasteiger partial charge in [0.1, 0.15) is 0 Å². The van der Waals surface area contributed by atoms with Crippen LogP contribution in [-0.4, -0.2) is 12.6 Å². The highest BCUT2D eigenvalue weighted by Gasteiger charge is 2.04. The van der Waals surface area contributed by atoms with Crippen LogP contribution >= 0.6 is 0 Å². The first-order valence-electron chi connectivity index (χ1n) is 6.27. The average molecular weight is 200 g/mol. The molecule has 0 unspecified atom stereocenters. The Balaban J connectivity index is 0.000000292. The Morgan fingerprint density at radius 2 is 1.50 bits per heavy atom. The zero-order valence-corrected chi connectivity index (χ0v) is 9.80. The van der Waals surface area contributed by atoms with Crippen molar-refractivity contribution in [2.75, 3.05) is 6.54 Å². The number of nitrogens with two attached hydrogens (primary N) is 2. The third kappa shape index (κ3) is 10.0. The van der Waals surface area contributed by atoms with Gasteiger partial charge in [0.2, 0.25) is 0 Å². The van der Waals surface area contributed by atoms with Crippen LogP contribution in [0.2, 0.25) is 0 Å². The second-order valence-corrected chi connectivity index (χ2v) is 4.25. The molecule has 0 aliphatic heterocycles. The topological polar surface area (TPSA) is 52.0 Å². The van der Waals surface area contributed by atoms with Crippen molar-refractivity contribution in [3.63, 3.8) is 0 Å². The quantitative estimate of drug-likeness (QED) is 0.720. The largest absolute Gasteiger partial charge is 0.330 e. The number of hydrogen-bond donors (Lipinski definition) is 2. The lowest BCUT2D eigenvalue weighted by molar-refractivity contribution is 0.453. The second kappa shape index (κ2) is 11.0. The maximum absolute atomic E-state index is 5.80. The first-order valence-corrected chi connectivity index (χ1v) is 6.27. The smallest absolute Gasteiger partial charge is 0.00388 e. The predicted octanol–water partition coefficient (Wildman–Crippen LogP) is 2.80. The summed E-state index contributed by atoms with van der Waals surface area (Å²) in [7, 11) is 0. The number of rotatable bonds is 2. The standard InChI is InChI=1S/C8H17N.C4H11N/c9-8-6-4-2-1-3-5-7-8;1-2-3-4-5/h8H,1-7,9H2;2-5H2,1H3. The molecule has 0 bridgehead atoms. The van der Waals surface area contributed by atoms with Crippen molar-refractivity contribution in [1.29, 1.82) is 0 Å². The summed E-state index contributed by atoms with van der Waals surface area (Å²) in [6.45, 7) is 2.98. The van der Waals surface area contributed by atoms with Crippen molar-refractivity contribution in [1.82, 2.24) is 0 Å². The molecule has 0 aromatic carbocycles. The minimum absolute atomic E-state index is 0.519. The molecule has 1 fully saturated rings. The first-order chi connectivity index (χ1) is 6.81. The Kier molecular flexibility index (Phi) is 10.9. The first kappa shape index (κ1) is 13.9. The van der Waals surface area contributed by atoms with Gasteiger partial charge in [0.05, 0.1) is 0 Å². The fourth-order valence-electron chi connectivity index (χ4n) is 1.69. The van der Waals surface area contributed by atoms with Gasteiger partial charge in [-0.05, 0) is 25.8 Å². The maximum Gasteiger partial charge on any atom is 0.00388 e. The third-order valence-corrected chi connectivity index (χ3v) is 2.71.